The van der Waals surface area contributed by atoms with E-state index in [1.165, 1.54) is 43.9 Å². The Balaban J connectivity index is 1.43. The number of carbonyl (C=O) groups is 1. The lowest BCUT2D eigenvalue weighted by atomic mass is 9.89. The van der Waals surface area contributed by atoms with Crippen LogP contribution in [0, 0.1) is 5.92 Å². The van der Waals surface area contributed by atoms with Crippen LogP contribution in [0.4, 0.5) is 0 Å². The maximum Gasteiger partial charge on any atom is 0.277 e. The number of hydrogen-bond acceptors (Lipinski definition) is 6. The molecule has 2 aromatic rings. The fraction of sp³-hybridized carbons (Fsp3) is 0.500. The van der Waals surface area contributed by atoms with Gasteiger partial charge >= 0.3 is 0 Å². The molecule has 1 amide bonds. The second-order valence-electron chi connectivity index (χ2n) is 5.71. The number of aromatic nitrogens is 3. The highest BCUT2D eigenvalue weighted by Crippen LogP contribution is 2.24. The van der Waals surface area contributed by atoms with Gasteiger partial charge < -0.3 is 9.73 Å². The summed E-state index contributed by atoms with van der Waals surface area (Å²) in [5.41, 5.74) is 0.772. The Kier molecular flexibility index (Phi) is 5.63. The molecule has 122 valence electrons. The van der Waals surface area contributed by atoms with Gasteiger partial charge in [-0.2, -0.15) is 0 Å². The normalized spacial score (nSPS) is 15.5. The van der Waals surface area contributed by atoms with Crippen molar-refractivity contribution in [2.24, 2.45) is 5.92 Å². The molecule has 0 aromatic carbocycles. The summed E-state index contributed by atoms with van der Waals surface area (Å²) in [5, 5.41) is 11.3. The Morgan fingerprint density at radius 2 is 2.17 bits per heavy atom. The van der Waals surface area contributed by atoms with E-state index in [0.29, 0.717) is 22.8 Å². The molecule has 1 saturated carbocycles. The van der Waals surface area contributed by atoms with E-state index < -0.39 is 0 Å². The van der Waals surface area contributed by atoms with E-state index in [4.69, 9.17) is 4.42 Å². The monoisotopic (exact) mass is 332 g/mol. The molecule has 0 atom stereocenters. The van der Waals surface area contributed by atoms with Gasteiger partial charge in [0.15, 0.2) is 0 Å². The highest BCUT2D eigenvalue weighted by atomic mass is 32.2. The minimum absolute atomic E-state index is 0.0155. The van der Waals surface area contributed by atoms with Crippen molar-refractivity contribution in [1.29, 1.82) is 0 Å². The van der Waals surface area contributed by atoms with Crippen LogP contribution in [-0.4, -0.2) is 33.4 Å². The first-order valence-electron chi connectivity index (χ1n) is 7.94. The molecule has 2 heterocycles. The summed E-state index contributed by atoms with van der Waals surface area (Å²) >= 11 is 1.26. The molecule has 3 rings (SSSR count). The summed E-state index contributed by atoms with van der Waals surface area (Å²) in [6.45, 7) is 0.782. The average molecular weight is 332 g/mol. The van der Waals surface area contributed by atoms with Crippen molar-refractivity contribution >= 4 is 17.7 Å². The molecule has 0 radical (unpaired) electrons. The van der Waals surface area contributed by atoms with Crippen molar-refractivity contribution in [1.82, 2.24) is 20.5 Å². The van der Waals surface area contributed by atoms with E-state index in [2.05, 4.69) is 20.5 Å². The zero-order chi connectivity index (χ0) is 15.9. The lowest BCUT2D eigenvalue weighted by Gasteiger charge is -2.21. The van der Waals surface area contributed by atoms with Crippen LogP contribution in [-0.2, 0) is 4.79 Å². The Morgan fingerprint density at radius 3 is 2.96 bits per heavy atom. The topological polar surface area (TPSA) is 80.9 Å². The third kappa shape index (κ3) is 4.79. The van der Waals surface area contributed by atoms with Crippen molar-refractivity contribution in [3.8, 4) is 11.5 Å². The van der Waals surface area contributed by atoms with E-state index in [0.717, 1.165) is 12.1 Å². The predicted octanol–water partition coefficient (Wildman–Crippen LogP) is 2.92. The third-order valence-corrected chi connectivity index (χ3v) is 4.77. The summed E-state index contributed by atoms with van der Waals surface area (Å²) in [6, 6.07) is 3.66. The van der Waals surface area contributed by atoms with Gasteiger partial charge in [0.2, 0.25) is 11.8 Å². The lowest BCUT2D eigenvalue weighted by Crippen LogP contribution is -2.31. The van der Waals surface area contributed by atoms with E-state index in [1.807, 2.05) is 12.1 Å². The summed E-state index contributed by atoms with van der Waals surface area (Å²) < 4.78 is 5.54. The highest BCUT2D eigenvalue weighted by molar-refractivity contribution is 7.99. The molecule has 23 heavy (non-hydrogen) atoms. The summed E-state index contributed by atoms with van der Waals surface area (Å²) in [7, 11) is 0. The van der Waals surface area contributed by atoms with Crippen LogP contribution in [0.25, 0.3) is 11.5 Å². The number of rotatable bonds is 6. The van der Waals surface area contributed by atoms with Crippen LogP contribution in [0.15, 0.2) is 34.2 Å². The number of amides is 1. The largest absolute Gasteiger partial charge is 0.411 e. The van der Waals surface area contributed by atoms with Crippen molar-refractivity contribution in [2.75, 3.05) is 12.3 Å². The number of pyridine rings is 1. The molecule has 1 N–H and O–H groups in total. The second kappa shape index (κ2) is 8.10. The lowest BCUT2D eigenvalue weighted by molar-refractivity contribution is -0.118. The van der Waals surface area contributed by atoms with Gasteiger partial charge in [0, 0.05) is 18.9 Å². The van der Waals surface area contributed by atoms with Crippen molar-refractivity contribution in [3.63, 3.8) is 0 Å². The SMILES string of the molecule is O=C(CSc1nnc(-c2cccnc2)o1)NCC1CCCCC1. The van der Waals surface area contributed by atoms with E-state index in [-0.39, 0.29) is 5.91 Å². The molecule has 0 bridgehead atoms. The van der Waals surface area contributed by atoms with Gasteiger partial charge in [0.05, 0.1) is 11.3 Å². The van der Waals surface area contributed by atoms with Crippen molar-refractivity contribution < 1.29 is 9.21 Å². The molecule has 0 spiro atoms. The maximum absolute atomic E-state index is 11.9. The molecule has 1 aliphatic rings. The average Bonchev–Trinajstić information content (AvgIpc) is 3.09. The van der Waals surface area contributed by atoms with Gasteiger partial charge in [-0.15, -0.1) is 10.2 Å². The van der Waals surface area contributed by atoms with Crippen molar-refractivity contribution in [2.45, 2.75) is 37.3 Å². The summed E-state index contributed by atoms with van der Waals surface area (Å²) in [5.74, 6) is 1.37. The van der Waals surface area contributed by atoms with Gasteiger partial charge in [-0.3, -0.25) is 9.78 Å². The van der Waals surface area contributed by atoms with Crippen molar-refractivity contribution in [3.05, 3.63) is 24.5 Å². The quantitative estimate of drug-likeness (QED) is 0.819. The maximum atomic E-state index is 11.9. The van der Waals surface area contributed by atoms with Crippen LogP contribution in [0.3, 0.4) is 0 Å². The zero-order valence-corrected chi connectivity index (χ0v) is 13.7. The van der Waals surface area contributed by atoms with Crippen LogP contribution in [0.2, 0.25) is 0 Å². The third-order valence-electron chi connectivity index (χ3n) is 3.95. The first-order chi connectivity index (χ1) is 11.3. The molecule has 0 saturated heterocycles. The van der Waals surface area contributed by atoms with Crippen LogP contribution >= 0.6 is 11.8 Å². The smallest absolute Gasteiger partial charge is 0.277 e. The van der Waals surface area contributed by atoms with Gasteiger partial charge in [-0.25, -0.2) is 0 Å². The summed E-state index contributed by atoms with van der Waals surface area (Å²) in [6.07, 6.45) is 9.71. The molecule has 0 unspecified atom stereocenters. The molecule has 1 aliphatic carbocycles. The number of hydrogen-bond donors (Lipinski definition) is 1. The standard InChI is InChI=1S/C16H20N4O2S/c21-14(18-9-12-5-2-1-3-6-12)11-23-16-20-19-15(22-16)13-7-4-8-17-10-13/h4,7-8,10,12H,1-3,5-6,9,11H2,(H,18,21). The Bertz CT molecular complexity index is 626. The first-order valence-corrected chi connectivity index (χ1v) is 8.93. The Morgan fingerprint density at radius 1 is 1.30 bits per heavy atom. The molecule has 7 heteroatoms. The molecular weight excluding hydrogens is 312 g/mol. The number of carbonyl (C=O) groups excluding carboxylic acids is 1. The first kappa shape index (κ1) is 16.0. The molecular formula is C16H20N4O2S. The van der Waals surface area contributed by atoms with Gasteiger partial charge in [0.1, 0.15) is 0 Å². The minimum Gasteiger partial charge on any atom is -0.411 e. The van der Waals surface area contributed by atoms with E-state index in [1.54, 1.807) is 12.4 Å². The molecule has 2 aromatic heterocycles. The number of thioether (sulfide) groups is 1. The van der Waals surface area contributed by atoms with Crippen LogP contribution in [0.5, 0.6) is 0 Å². The fourth-order valence-electron chi connectivity index (χ4n) is 2.70. The van der Waals surface area contributed by atoms with Crippen LogP contribution < -0.4 is 5.32 Å². The molecule has 0 aliphatic heterocycles. The van der Waals surface area contributed by atoms with Gasteiger partial charge in [-0.1, -0.05) is 31.0 Å². The minimum atomic E-state index is 0.0155. The van der Waals surface area contributed by atoms with E-state index in [9.17, 15) is 4.79 Å². The second-order valence-corrected chi connectivity index (χ2v) is 6.64. The Labute approximate surface area is 139 Å². The zero-order valence-electron chi connectivity index (χ0n) is 12.9. The van der Waals surface area contributed by atoms with Gasteiger partial charge in [-0.05, 0) is 30.9 Å². The van der Waals surface area contributed by atoms with Gasteiger partial charge in [0.25, 0.3) is 5.22 Å². The number of nitrogens with one attached hydrogen (secondary N) is 1. The highest BCUT2D eigenvalue weighted by Gasteiger charge is 2.15. The Hall–Kier alpha value is -1.89. The number of nitrogens with zero attached hydrogens (tertiary/aromatic N) is 3. The van der Waals surface area contributed by atoms with E-state index >= 15 is 0 Å². The molecule has 6 nitrogen and oxygen atoms in total. The predicted molar refractivity (Wildman–Crippen MR) is 87.8 cm³/mol. The van der Waals surface area contributed by atoms with Crippen LogP contribution in [0.1, 0.15) is 32.1 Å². The molecule has 1 fully saturated rings. The fourth-order valence-corrected chi connectivity index (χ4v) is 3.29. The summed E-state index contributed by atoms with van der Waals surface area (Å²) in [4.78, 5) is 15.9.